The Hall–Kier alpha value is -3.84. The number of aromatic nitrogens is 2. The van der Waals surface area contributed by atoms with Crippen molar-refractivity contribution in [1.82, 2.24) is 9.38 Å². The Bertz CT molecular complexity index is 1580. The van der Waals surface area contributed by atoms with Crippen LogP contribution in [0, 0.1) is 13.8 Å². The molecule has 7 heteroatoms. The van der Waals surface area contributed by atoms with Crippen molar-refractivity contribution in [2.24, 2.45) is 0 Å². The van der Waals surface area contributed by atoms with Crippen molar-refractivity contribution < 1.29 is 14.2 Å². The maximum absolute atomic E-state index is 13.0. The van der Waals surface area contributed by atoms with Gasteiger partial charge in [-0.25, -0.2) is 9.38 Å². The predicted octanol–water partition coefficient (Wildman–Crippen LogP) is 4.54. The maximum atomic E-state index is 13.0. The summed E-state index contributed by atoms with van der Waals surface area (Å²) >= 11 is 1.37. The van der Waals surface area contributed by atoms with Crippen LogP contribution in [0.3, 0.4) is 0 Å². The van der Waals surface area contributed by atoms with E-state index < -0.39 is 0 Å². The Balaban J connectivity index is 1.34. The monoisotopic (exact) mass is 472 g/mol. The first-order valence-electron chi connectivity index (χ1n) is 11.0. The lowest BCUT2D eigenvalue weighted by atomic mass is 10.1. The van der Waals surface area contributed by atoms with Crippen molar-refractivity contribution in [3.8, 4) is 17.2 Å². The van der Waals surface area contributed by atoms with E-state index in [1.54, 1.807) is 11.5 Å². The van der Waals surface area contributed by atoms with Gasteiger partial charge in [-0.2, -0.15) is 0 Å². The van der Waals surface area contributed by atoms with Gasteiger partial charge < -0.3 is 14.2 Å². The SMILES string of the molecule is COc1cc(C=c2sc3nc4ccccc4n3c2=O)ccc1OCCOc1c(C)cccc1C. The third-order valence-corrected chi connectivity index (χ3v) is 6.60. The van der Waals surface area contributed by atoms with Gasteiger partial charge in [-0.1, -0.05) is 47.7 Å². The summed E-state index contributed by atoms with van der Waals surface area (Å²) in [6.07, 6.45) is 1.85. The van der Waals surface area contributed by atoms with E-state index in [1.807, 2.05) is 80.6 Å². The highest BCUT2D eigenvalue weighted by atomic mass is 32.1. The first kappa shape index (κ1) is 22.0. The van der Waals surface area contributed by atoms with Crippen LogP contribution in [0.4, 0.5) is 0 Å². The van der Waals surface area contributed by atoms with Gasteiger partial charge in [0.2, 0.25) is 0 Å². The van der Waals surface area contributed by atoms with Crippen LogP contribution in [0.15, 0.2) is 65.5 Å². The van der Waals surface area contributed by atoms with Crippen LogP contribution in [0.5, 0.6) is 17.2 Å². The second-order valence-electron chi connectivity index (χ2n) is 7.96. The molecule has 0 aliphatic carbocycles. The van der Waals surface area contributed by atoms with Crippen LogP contribution in [0.2, 0.25) is 0 Å². The van der Waals surface area contributed by atoms with E-state index in [0.717, 1.165) is 33.5 Å². The van der Waals surface area contributed by atoms with E-state index >= 15 is 0 Å². The number of thiazole rings is 1. The number of aryl methyl sites for hydroxylation is 2. The number of para-hydroxylation sites is 3. The highest BCUT2D eigenvalue weighted by Gasteiger charge is 2.11. The van der Waals surface area contributed by atoms with E-state index in [-0.39, 0.29) is 5.56 Å². The first-order valence-corrected chi connectivity index (χ1v) is 11.8. The average Bonchev–Trinajstić information content (AvgIpc) is 3.34. The minimum Gasteiger partial charge on any atom is -0.493 e. The second kappa shape index (κ2) is 9.19. The summed E-state index contributed by atoms with van der Waals surface area (Å²) in [5, 5.41) is 0. The molecule has 0 saturated heterocycles. The molecule has 0 saturated carbocycles. The molecule has 2 aromatic heterocycles. The fourth-order valence-electron chi connectivity index (χ4n) is 3.98. The summed E-state index contributed by atoms with van der Waals surface area (Å²) in [7, 11) is 1.60. The van der Waals surface area contributed by atoms with E-state index in [2.05, 4.69) is 4.98 Å². The Labute approximate surface area is 200 Å². The lowest BCUT2D eigenvalue weighted by Crippen LogP contribution is -2.22. The van der Waals surface area contributed by atoms with Gasteiger partial charge in [-0.05, 0) is 60.9 Å². The van der Waals surface area contributed by atoms with Gasteiger partial charge in [0.1, 0.15) is 19.0 Å². The van der Waals surface area contributed by atoms with Crippen molar-refractivity contribution >= 4 is 33.4 Å². The fourth-order valence-corrected chi connectivity index (χ4v) is 4.97. The summed E-state index contributed by atoms with van der Waals surface area (Å²) in [4.78, 5) is 18.3. The largest absolute Gasteiger partial charge is 0.493 e. The van der Waals surface area contributed by atoms with Gasteiger partial charge in [0, 0.05) is 0 Å². The molecule has 172 valence electrons. The molecule has 5 aromatic rings. The molecule has 3 aromatic carbocycles. The van der Waals surface area contributed by atoms with Crippen LogP contribution < -0.4 is 24.3 Å². The maximum Gasteiger partial charge on any atom is 0.274 e. The molecule has 5 rings (SSSR count). The third kappa shape index (κ3) is 4.10. The number of ether oxygens (including phenoxy) is 3. The summed E-state index contributed by atoms with van der Waals surface area (Å²) < 4.78 is 19.6. The minimum atomic E-state index is -0.0726. The first-order chi connectivity index (χ1) is 16.5. The van der Waals surface area contributed by atoms with Gasteiger partial charge in [-0.3, -0.25) is 4.79 Å². The number of hydrogen-bond acceptors (Lipinski definition) is 6. The Kier molecular flexibility index (Phi) is 5.94. The quantitative estimate of drug-likeness (QED) is 0.326. The highest BCUT2D eigenvalue weighted by molar-refractivity contribution is 7.15. The lowest BCUT2D eigenvalue weighted by Gasteiger charge is -2.14. The van der Waals surface area contributed by atoms with E-state index in [9.17, 15) is 4.79 Å². The summed E-state index contributed by atoms with van der Waals surface area (Å²) in [6.45, 7) is 4.86. The summed E-state index contributed by atoms with van der Waals surface area (Å²) in [6, 6.07) is 19.3. The van der Waals surface area contributed by atoms with Crippen LogP contribution >= 0.6 is 11.3 Å². The van der Waals surface area contributed by atoms with Crippen LogP contribution in [0.25, 0.3) is 22.1 Å². The number of rotatable bonds is 7. The minimum absolute atomic E-state index is 0.0726. The molecule has 0 fully saturated rings. The molecule has 0 spiro atoms. The van der Waals surface area contributed by atoms with Crippen molar-refractivity contribution in [2.75, 3.05) is 20.3 Å². The summed E-state index contributed by atoms with van der Waals surface area (Å²) in [5.74, 6) is 2.12. The van der Waals surface area contributed by atoms with Gasteiger partial charge in [-0.15, -0.1) is 0 Å². The number of fused-ring (bicyclic) bond motifs is 3. The number of hydrogen-bond donors (Lipinski definition) is 0. The average molecular weight is 473 g/mol. The summed E-state index contributed by atoms with van der Waals surface area (Å²) in [5.41, 5.74) is 4.62. The molecular formula is C27H24N2O4S. The van der Waals surface area contributed by atoms with Crippen molar-refractivity contribution in [3.05, 3.63) is 92.2 Å². The van der Waals surface area contributed by atoms with Gasteiger partial charge in [0.05, 0.1) is 22.7 Å². The zero-order valence-corrected chi connectivity index (χ0v) is 20.0. The van der Waals surface area contributed by atoms with Gasteiger partial charge >= 0.3 is 0 Å². The topological polar surface area (TPSA) is 62.1 Å². The van der Waals surface area contributed by atoms with Crippen LogP contribution in [-0.2, 0) is 0 Å². The van der Waals surface area contributed by atoms with E-state index in [4.69, 9.17) is 14.2 Å². The molecule has 2 heterocycles. The standard InChI is InChI=1S/C27H24N2O4S/c1-17-7-6-8-18(2)25(17)33-14-13-32-22-12-11-19(15-23(22)31-3)16-24-26(30)29-21-10-5-4-9-20(21)28-27(29)34-24/h4-12,15-16H,13-14H2,1-3H3. The van der Waals surface area contributed by atoms with Gasteiger partial charge in [0.15, 0.2) is 16.5 Å². The number of nitrogens with zero attached hydrogens (tertiary/aromatic N) is 2. The molecule has 6 nitrogen and oxygen atoms in total. The molecule has 0 radical (unpaired) electrons. The molecule has 0 bridgehead atoms. The van der Waals surface area contributed by atoms with E-state index in [0.29, 0.717) is 34.2 Å². The molecule has 0 N–H and O–H groups in total. The number of benzene rings is 3. The normalized spacial score (nSPS) is 11.9. The molecular weight excluding hydrogens is 448 g/mol. The smallest absolute Gasteiger partial charge is 0.274 e. The fraction of sp³-hybridized carbons (Fsp3) is 0.185. The van der Waals surface area contributed by atoms with E-state index in [1.165, 1.54) is 11.3 Å². The number of imidazole rings is 1. The number of methoxy groups -OCH3 is 1. The van der Waals surface area contributed by atoms with Gasteiger partial charge in [0.25, 0.3) is 5.56 Å². The molecule has 0 aliphatic heterocycles. The Morgan fingerprint density at radius 1 is 0.941 bits per heavy atom. The molecule has 0 atom stereocenters. The second-order valence-corrected chi connectivity index (χ2v) is 8.97. The molecule has 34 heavy (non-hydrogen) atoms. The zero-order chi connectivity index (χ0) is 23.7. The van der Waals surface area contributed by atoms with Crippen molar-refractivity contribution in [1.29, 1.82) is 0 Å². The molecule has 0 aliphatic rings. The highest BCUT2D eigenvalue weighted by Crippen LogP contribution is 2.29. The van der Waals surface area contributed by atoms with Crippen LogP contribution in [0.1, 0.15) is 16.7 Å². The Morgan fingerprint density at radius 3 is 2.50 bits per heavy atom. The lowest BCUT2D eigenvalue weighted by molar-refractivity contribution is 0.210. The zero-order valence-electron chi connectivity index (χ0n) is 19.2. The Morgan fingerprint density at radius 2 is 1.71 bits per heavy atom. The third-order valence-electron chi connectivity index (χ3n) is 5.63. The predicted molar refractivity (Wildman–Crippen MR) is 136 cm³/mol. The molecule has 0 amide bonds. The van der Waals surface area contributed by atoms with Crippen LogP contribution in [-0.4, -0.2) is 29.7 Å². The van der Waals surface area contributed by atoms with Crippen molar-refractivity contribution in [2.45, 2.75) is 13.8 Å². The van der Waals surface area contributed by atoms with Crippen molar-refractivity contribution in [3.63, 3.8) is 0 Å². The molecule has 0 unspecified atom stereocenters.